The highest BCUT2D eigenvalue weighted by Gasteiger charge is 2.21. The van der Waals surface area contributed by atoms with Gasteiger partial charge in [0.1, 0.15) is 22.2 Å². The monoisotopic (exact) mass is 351 g/mol. The lowest BCUT2D eigenvalue weighted by Crippen LogP contribution is -2.36. The number of thiazole rings is 1. The molecule has 0 aliphatic carbocycles. The molecule has 1 aromatic carbocycles. The van der Waals surface area contributed by atoms with E-state index in [1.807, 2.05) is 19.1 Å². The van der Waals surface area contributed by atoms with Crippen molar-refractivity contribution in [3.63, 3.8) is 0 Å². The van der Waals surface area contributed by atoms with Crippen LogP contribution < -0.4 is 15.4 Å². The van der Waals surface area contributed by atoms with Crippen molar-refractivity contribution in [3.05, 3.63) is 44.9 Å². The van der Waals surface area contributed by atoms with Gasteiger partial charge in [0.2, 0.25) is 0 Å². The van der Waals surface area contributed by atoms with Crippen molar-refractivity contribution >= 4 is 28.8 Å². The molecule has 0 spiro atoms. The first kappa shape index (κ1) is 16.2. The number of hydrogen-bond donors (Lipinski definition) is 2. The molecule has 1 saturated heterocycles. The fraction of sp³-hybridized carbons (Fsp3) is 0.375. The lowest BCUT2D eigenvalue weighted by atomic mass is 10.2. The minimum absolute atomic E-state index is 0.0496. The van der Waals surface area contributed by atoms with Gasteiger partial charge in [0.05, 0.1) is 5.69 Å². The molecule has 1 fully saturated rings. The Kier molecular flexibility index (Phi) is 5.15. The quantitative estimate of drug-likeness (QED) is 0.869. The van der Waals surface area contributed by atoms with Crippen LogP contribution in [0.3, 0.4) is 0 Å². The molecule has 5 nitrogen and oxygen atoms in total. The van der Waals surface area contributed by atoms with Crippen molar-refractivity contribution in [2.24, 2.45) is 0 Å². The van der Waals surface area contributed by atoms with E-state index in [2.05, 4.69) is 15.6 Å². The average Bonchev–Trinajstić information content (AvgIpc) is 3.16. The van der Waals surface area contributed by atoms with Crippen molar-refractivity contribution in [2.45, 2.75) is 26.0 Å². The molecule has 1 aliphatic rings. The second kappa shape index (κ2) is 7.29. The molecule has 1 aliphatic heterocycles. The molecule has 1 amide bonds. The summed E-state index contributed by atoms with van der Waals surface area (Å²) >= 11 is 7.22. The molecular weight excluding hydrogens is 334 g/mol. The van der Waals surface area contributed by atoms with Gasteiger partial charge in [0.15, 0.2) is 0 Å². The molecule has 2 N–H and O–H groups in total. The Hall–Kier alpha value is -1.63. The summed E-state index contributed by atoms with van der Waals surface area (Å²) in [7, 11) is 0. The highest BCUT2D eigenvalue weighted by Crippen LogP contribution is 2.21. The van der Waals surface area contributed by atoms with Gasteiger partial charge in [0.25, 0.3) is 5.91 Å². The number of ether oxygens (including phenoxy) is 1. The number of aromatic nitrogens is 1. The fourth-order valence-corrected chi connectivity index (χ4v) is 3.44. The van der Waals surface area contributed by atoms with E-state index in [4.69, 9.17) is 16.3 Å². The Bertz CT molecular complexity index is 681. The zero-order valence-corrected chi connectivity index (χ0v) is 14.3. The van der Waals surface area contributed by atoms with Gasteiger partial charge in [-0.1, -0.05) is 11.6 Å². The summed E-state index contributed by atoms with van der Waals surface area (Å²) in [5, 5.41) is 7.73. The average molecular weight is 352 g/mol. The highest BCUT2D eigenvalue weighted by molar-refractivity contribution is 7.13. The summed E-state index contributed by atoms with van der Waals surface area (Å²) in [4.78, 5) is 17.4. The molecule has 0 radical (unpaired) electrons. The Labute approximate surface area is 144 Å². The van der Waals surface area contributed by atoms with Gasteiger partial charge in [-0.2, -0.15) is 0 Å². The van der Waals surface area contributed by atoms with Crippen LogP contribution in [0.25, 0.3) is 0 Å². The lowest BCUT2D eigenvalue weighted by molar-refractivity contribution is 0.0943. The predicted octanol–water partition coefficient (Wildman–Crippen LogP) is 2.78. The van der Waals surface area contributed by atoms with Crippen molar-refractivity contribution in [1.82, 2.24) is 15.6 Å². The van der Waals surface area contributed by atoms with Gasteiger partial charge in [-0.25, -0.2) is 4.98 Å². The summed E-state index contributed by atoms with van der Waals surface area (Å²) in [5.41, 5.74) is 0.744. The standard InChI is InChI=1S/C16H18ClN3O2S/c1-10-15(16(21)20-12-6-7-18-8-12)23-14(19-10)9-22-13-4-2-11(17)3-5-13/h2-5,12,18H,6-9H2,1H3,(H,20,21). The first-order valence-corrected chi connectivity index (χ1v) is 8.67. The second-order valence-electron chi connectivity index (χ2n) is 5.43. The molecule has 0 saturated carbocycles. The summed E-state index contributed by atoms with van der Waals surface area (Å²) in [6.07, 6.45) is 0.968. The first-order valence-electron chi connectivity index (χ1n) is 7.48. The minimum Gasteiger partial charge on any atom is -0.486 e. The summed E-state index contributed by atoms with van der Waals surface area (Å²) in [5.74, 6) is 0.678. The third kappa shape index (κ3) is 4.22. The zero-order valence-electron chi connectivity index (χ0n) is 12.8. The van der Waals surface area contributed by atoms with E-state index in [1.54, 1.807) is 12.1 Å². The molecular formula is C16H18ClN3O2S. The normalized spacial score (nSPS) is 17.2. The van der Waals surface area contributed by atoms with E-state index in [0.717, 1.165) is 36.0 Å². The number of amides is 1. The van der Waals surface area contributed by atoms with Gasteiger partial charge in [-0.05, 0) is 44.2 Å². The van der Waals surface area contributed by atoms with Crippen LogP contribution in [0.2, 0.25) is 5.02 Å². The number of hydrogen-bond acceptors (Lipinski definition) is 5. The summed E-state index contributed by atoms with van der Waals surface area (Å²) in [6.45, 7) is 3.97. The van der Waals surface area contributed by atoms with Crippen LogP contribution >= 0.6 is 22.9 Å². The summed E-state index contributed by atoms with van der Waals surface area (Å²) < 4.78 is 5.68. The van der Waals surface area contributed by atoms with Crippen molar-refractivity contribution < 1.29 is 9.53 Å². The lowest BCUT2D eigenvalue weighted by Gasteiger charge is -2.10. The van der Waals surface area contributed by atoms with Gasteiger partial charge >= 0.3 is 0 Å². The van der Waals surface area contributed by atoms with E-state index >= 15 is 0 Å². The number of halogens is 1. The Morgan fingerprint density at radius 2 is 2.26 bits per heavy atom. The minimum atomic E-state index is -0.0496. The van der Waals surface area contributed by atoms with E-state index in [1.165, 1.54) is 11.3 Å². The first-order chi connectivity index (χ1) is 11.1. The molecule has 7 heteroatoms. The number of carbonyl (C=O) groups excluding carboxylic acids is 1. The third-order valence-electron chi connectivity index (χ3n) is 3.62. The Balaban J connectivity index is 1.60. The van der Waals surface area contributed by atoms with Crippen LogP contribution in [0.15, 0.2) is 24.3 Å². The topological polar surface area (TPSA) is 63.2 Å². The number of benzene rings is 1. The maximum absolute atomic E-state index is 12.3. The molecule has 122 valence electrons. The molecule has 1 aromatic heterocycles. The molecule has 2 aromatic rings. The van der Waals surface area contributed by atoms with E-state index in [-0.39, 0.29) is 11.9 Å². The van der Waals surface area contributed by atoms with Crippen molar-refractivity contribution in [1.29, 1.82) is 0 Å². The molecule has 1 atom stereocenters. The van der Waals surface area contributed by atoms with Crippen LogP contribution in [0.1, 0.15) is 26.8 Å². The van der Waals surface area contributed by atoms with Crippen LogP contribution in [0.5, 0.6) is 5.75 Å². The Morgan fingerprint density at radius 1 is 1.48 bits per heavy atom. The molecule has 2 heterocycles. The van der Waals surface area contributed by atoms with Crippen molar-refractivity contribution in [3.8, 4) is 5.75 Å². The highest BCUT2D eigenvalue weighted by atomic mass is 35.5. The SMILES string of the molecule is Cc1nc(COc2ccc(Cl)cc2)sc1C(=O)NC1CCNC1. The smallest absolute Gasteiger partial charge is 0.263 e. The molecule has 0 bridgehead atoms. The number of carbonyl (C=O) groups is 1. The van der Waals surface area contributed by atoms with E-state index < -0.39 is 0 Å². The van der Waals surface area contributed by atoms with E-state index in [0.29, 0.717) is 16.5 Å². The maximum atomic E-state index is 12.3. The van der Waals surface area contributed by atoms with Crippen LogP contribution in [-0.2, 0) is 6.61 Å². The molecule has 23 heavy (non-hydrogen) atoms. The summed E-state index contributed by atoms with van der Waals surface area (Å²) in [6, 6.07) is 7.38. The van der Waals surface area contributed by atoms with Crippen molar-refractivity contribution in [2.75, 3.05) is 13.1 Å². The fourth-order valence-electron chi connectivity index (χ4n) is 2.43. The van der Waals surface area contributed by atoms with Crippen LogP contribution in [-0.4, -0.2) is 30.0 Å². The van der Waals surface area contributed by atoms with Gasteiger partial charge < -0.3 is 15.4 Å². The van der Waals surface area contributed by atoms with Gasteiger partial charge in [-0.15, -0.1) is 11.3 Å². The van der Waals surface area contributed by atoms with Gasteiger partial charge in [-0.3, -0.25) is 4.79 Å². The van der Waals surface area contributed by atoms with Crippen LogP contribution in [0.4, 0.5) is 0 Å². The number of nitrogens with one attached hydrogen (secondary N) is 2. The molecule has 3 rings (SSSR count). The number of rotatable bonds is 5. The zero-order chi connectivity index (χ0) is 16.2. The van der Waals surface area contributed by atoms with Gasteiger partial charge in [0, 0.05) is 17.6 Å². The second-order valence-corrected chi connectivity index (χ2v) is 6.95. The molecule has 1 unspecified atom stereocenters. The predicted molar refractivity (Wildman–Crippen MR) is 91.4 cm³/mol. The number of aryl methyl sites for hydroxylation is 1. The number of nitrogens with zero attached hydrogens (tertiary/aromatic N) is 1. The largest absolute Gasteiger partial charge is 0.486 e. The Morgan fingerprint density at radius 3 is 2.96 bits per heavy atom. The third-order valence-corrected chi connectivity index (χ3v) is 5.00. The maximum Gasteiger partial charge on any atom is 0.263 e. The van der Waals surface area contributed by atoms with Crippen LogP contribution in [0, 0.1) is 6.92 Å². The van der Waals surface area contributed by atoms with E-state index in [9.17, 15) is 4.79 Å².